The molecule has 0 radical (unpaired) electrons. The van der Waals surface area contributed by atoms with E-state index in [0.29, 0.717) is 5.56 Å². The third-order valence-electron chi connectivity index (χ3n) is 2.94. The number of alkyl halides is 3. The van der Waals surface area contributed by atoms with E-state index < -0.39 is 23.6 Å². The first-order chi connectivity index (χ1) is 10.9. The normalized spacial score (nSPS) is 10.9. The van der Waals surface area contributed by atoms with E-state index in [1.165, 1.54) is 0 Å². The number of halogens is 3. The van der Waals surface area contributed by atoms with Crippen LogP contribution in [0.4, 0.5) is 18.9 Å². The van der Waals surface area contributed by atoms with Gasteiger partial charge in [-0.3, -0.25) is 9.59 Å². The van der Waals surface area contributed by atoms with Gasteiger partial charge in [0.1, 0.15) is 0 Å². The molecule has 0 unspecified atom stereocenters. The molecule has 120 valence electrons. The van der Waals surface area contributed by atoms with Crippen molar-refractivity contribution >= 4 is 17.5 Å². The van der Waals surface area contributed by atoms with Gasteiger partial charge in [0.15, 0.2) is 0 Å². The predicted molar refractivity (Wildman–Crippen MR) is 78.8 cm³/mol. The van der Waals surface area contributed by atoms with E-state index in [9.17, 15) is 22.8 Å². The van der Waals surface area contributed by atoms with Gasteiger partial charge in [0.25, 0.3) is 5.91 Å². The zero-order valence-corrected chi connectivity index (χ0v) is 11.9. The van der Waals surface area contributed by atoms with Crippen molar-refractivity contribution in [1.29, 1.82) is 0 Å². The summed E-state index contributed by atoms with van der Waals surface area (Å²) in [4.78, 5) is 23.4. The zero-order valence-electron chi connectivity index (χ0n) is 11.9. The second-order valence-corrected chi connectivity index (χ2v) is 4.67. The number of hydrogen-bond donors (Lipinski definition) is 2. The van der Waals surface area contributed by atoms with Crippen molar-refractivity contribution in [2.75, 3.05) is 11.9 Å². The minimum atomic E-state index is -4.42. The molecule has 0 aromatic heterocycles. The Bertz CT molecular complexity index is 683. The van der Waals surface area contributed by atoms with Crippen molar-refractivity contribution in [1.82, 2.24) is 5.32 Å². The first-order valence-corrected chi connectivity index (χ1v) is 6.66. The van der Waals surface area contributed by atoms with Crippen molar-refractivity contribution < 1.29 is 22.8 Å². The first-order valence-electron chi connectivity index (χ1n) is 6.66. The molecule has 2 aromatic carbocycles. The van der Waals surface area contributed by atoms with Gasteiger partial charge in [-0.25, -0.2) is 0 Å². The summed E-state index contributed by atoms with van der Waals surface area (Å²) in [6.07, 6.45) is -4.42. The summed E-state index contributed by atoms with van der Waals surface area (Å²) in [6, 6.07) is 12.4. The van der Waals surface area contributed by atoms with E-state index in [2.05, 4.69) is 10.6 Å². The maximum Gasteiger partial charge on any atom is 0.416 e. The molecule has 4 nitrogen and oxygen atoms in total. The van der Waals surface area contributed by atoms with Crippen molar-refractivity contribution in [2.45, 2.75) is 6.18 Å². The fourth-order valence-electron chi connectivity index (χ4n) is 1.80. The fraction of sp³-hybridized carbons (Fsp3) is 0.125. The van der Waals surface area contributed by atoms with E-state index in [1.54, 1.807) is 30.3 Å². The van der Waals surface area contributed by atoms with Crippen molar-refractivity contribution in [3.05, 3.63) is 65.7 Å². The third kappa shape index (κ3) is 4.84. The Morgan fingerprint density at radius 2 is 1.52 bits per heavy atom. The molecule has 2 aromatic rings. The van der Waals surface area contributed by atoms with Crippen molar-refractivity contribution in [3.8, 4) is 0 Å². The standard InChI is InChI=1S/C16H13F3N2O2/c17-16(18,19)12-6-8-13(9-7-12)21-14(22)10-20-15(23)11-4-2-1-3-5-11/h1-9H,10H2,(H,20,23)(H,21,22). The van der Waals surface area contributed by atoms with Gasteiger partial charge in [-0.15, -0.1) is 0 Å². The molecule has 0 spiro atoms. The average molecular weight is 322 g/mol. The van der Waals surface area contributed by atoms with Crippen molar-refractivity contribution in [2.24, 2.45) is 0 Å². The van der Waals surface area contributed by atoms with Crippen LogP contribution >= 0.6 is 0 Å². The number of rotatable bonds is 4. The van der Waals surface area contributed by atoms with Crippen LogP contribution in [-0.2, 0) is 11.0 Å². The molecule has 7 heteroatoms. The van der Waals surface area contributed by atoms with E-state index in [1.807, 2.05) is 0 Å². The van der Waals surface area contributed by atoms with E-state index in [4.69, 9.17) is 0 Å². The highest BCUT2D eigenvalue weighted by Gasteiger charge is 2.29. The van der Waals surface area contributed by atoms with Crippen LogP contribution in [0.5, 0.6) is 0 Å². The Kier molecular flexibility index (Phi) is 5.00. The van der Waals surface area contributed by atoms with Gasteiger partial charge in [-0.05, 0) is 36.4 Å². The molecule has 0 saturated heterocycles. The SMILES string of the molecule is O=C(CNC(=O)c1ccccc1)Nc1ccc(C(F)(F)F)cc1. The number of benzene rings is 2. The minimum absolute atomic E-state index is 0.219. The minimum Gasteiger partial charge on any atom is -0.343 e. The molecular formula is C16H13F3N2O2. The second-order valence-electron chi connectivity index (χ2n) is 4.67. The van der Waals surface area contributed by atoms with Crippen LogP contribution < -0.4 is 10.6 Å². The van der Waals surface area contributed by atoms with Crippen LogP contribution in [0.25, 0.3) is 0 Å². The Morgan fingerprint density at radius 3 is 2.09 bits per heavy atom. The number of nitrogens with one attached hydrogen (secondary N) is 2. The molecule has 2 N–H and O–H groups in total. The third-order valence-corrected chi connectivity index (χ3v) is 2.94. The Morgan fingerprint density at radius 1 is 0.913 bits per heavy atom. The summed E-state index contributed by atoms with van der Waals surface area (Å²) in [5.41, 5.74) is -0.167. The lowest BCUT2D eigenvalue weighted by Gasteiger charge is -2.09. The lowest BCUT2D eigenvalue weighted by Crippen LogP contribution is -2.32. The van der Waals surface area contributed by atoms with Crippen LogP contribution in [0.2, 0.25) is 0 Å². The van der Waals surface area contributed by atoms with Crippen LogP contribution in [0.3, 0.4) is 0 Å². The van der Waals surface area contributed by atoms with Crippen LogP contribution in [0, 0.1) is 0 Å². The summed E-state index contributed by atoms with van der Waals surface area (Å²) in [6.45, 7) is -0.283. The number of carbonyl (C=O) groups excluding carboxylic acids is 2. The highest BCUT2D eigenvalue weighted by atomic mass is 19.4. The molecule has 2 rings (SSSR count). The smallest absolute Gasteiger partial charge is 0.343 e. The second kappa shape index (κ2) is 6.95. The number of amides is 2. The van der Waals surface area contributed by atoms with Crippen LogP contribution in [0.1, 0.15) is 15.9 Å². The largest absolute Gasteiger partial charge is 0.416 e. The molecule has 0 saturated carbocycles. The van der Waals surface area contributed by atoms with Gasteiger partial charge in [0.2, 0.25) is 5.91 Å². The summed E-state index contributed by atoms with van der Waals surface area (Å²) < 4.78 is 37.3. The molecule has 0 aliphatic rings. The molecule has 0 bridgehead atoms. The van der Waals surface area contributed by atoms with Crippen molar-refractivity contribution in [3.63, 3.8) is 0 Å². The quantitative estimate of drug-likeness (QED) is 0.909. The van der Waals surface area contributed by atoms with E-state index in [0.717, 1.165) is 24.3 Å². The highest BCUT2D eigenvalue weighted by Crippen LogP contribution is 2.29. The Hall–Kier alpha value is -2.83. The highest BCUT2D eigenvalue weighted by molar-refractivity contribution is 5.99. The number of anilines is 1. The topological polar surface area (TPSA) is 58.2 Å². The summed E-state index contributed by atoms with van der Waals surface area (Å²) in [7, 11) is 0. The maximum absolute atomic E-state index is 12.4. The maximum atomic E-state index is 12.4. The Labute approximate surface area is 130 Å². The molecular weight excluding hydrogens is 309 g/mol. The average Bonchev–Trinajstić information content (AvgIpc) is 2.53. The van der Waals surface area contributed by atoms with E-state index >= 15 is 0 Å². The first kappa shape index (κ1) is 16.5. The number of carbonyl (C=O) groups is 2. The predicted octanol–water partition coefficient (Wildman–Crippen LogP) is 3.07. The molecule has 23 heavy (non-hydrogen) atoms. The zero-order chi connectivity index (χ0) is 16.9. The molecule has 0 fully saturated rings. The fourth-order valence-corrected chi connectivity index (χ4v) is 1.80. The lowest BCUT2D eigenvalue weighted by atomic mass is 10.2. The molecule has 2 amide bonds. The summed E-state index contributed by atoms with van der Waals surface area (Å²) >= 11 is 0. The van der Waals surface area contributed by atoms with Gasteiger partial charge in [-0.2, -0.15) is 13.2 Å². The lowest BCUT2D eigenvalue weighted by molar-refractivity contribution is -0.137. The Balaban J connectivity index is 1.86. The van der Waals surface area contributed by atoms with E-state index in [-0.39, 0.29) is 12.2 Å². The van der Waals surface area contributed by atoms with Gasteiger partial charge < -0.3 is 10.6 Å². The van der Waals surface area contributed by atoms with Gasteiger partial charge in [-0.1, -0.05) is 18.2 Å². The van der Waals surface area contributed by atoms with Gasteiger partial charge in [0.05, 0.1) is 12.1 Å². The van der Waals surface area contributed by atoms with Crippen LogP contribution in [0.15, 0.2) is 54.6 Å². The molecule has 0 aliphatic carbocycles. The molecule has 0 aliphatic heterocycles. The summed E-state index contributed by atoms with van der Waals surface area (Å²) in [5, 5.41) is 4.83. The summed E-state index contributed by atoms with van der Waals surface area (Å²) in [5.74, 6) is -0.942. The molecule has 0 heterocycles. The van der Waals surface area contributed by atoms with Crippen LogP contribution in [-0.4, -0.2) is 18.4 Å². The monoisotopic (exact) mass is 322 g/mol. The van der Waals surface area contributed by atoms with Gasteiger partial charge in [0, 0.05) is 11.3 Å². The van der Waals surface area contributed by atoms with Gasteiger partial charge >= 0.3 is 6.18 Å². The number of hydrogen-bond acceptors (Lipinski definition) is 2. The molecule has 0 atom stereocenters.